The second kappa shape index (κ2) is 9.62. The van der Waals surface area contributed by atoms with Crippen molar-refractivity contribution >= 4 is 17.2 Å². The normalized spacial score (nSPS) is 14.7. The average Bonchev–Trinajstić information content (AvgIpc) is 3.32. The molecule has 1 fully saturated rings. The van der Waals surface area contributed by atoms with Gasteiger partial charge in [-0.25, -0.2) is 9.50 Å². The van der Waals surface area contributed by atoms with E-state index in [4.69, 9.17) is 0 Å². The standard InChI is InChI=1S/C25H21F3N6O3/c26-25(27,28)22-14-20(18-6-8-19(9-7-18)34(36)37)29-23-15-21(30-33(22)23)24(35)32-12-10-31(11-13-32)16-17-4-2-1-3-5-17/h1-9,14-15H,10-13,16H2. The minimum atomic E-state index is -4.77. The summed E-state index contributed by atoms with van der Waals surface area (Å²) in [4.78, 5) is 31.4. The summed E-state index contributed by atoms with van der Waals surface area (Å²) in [6.45, 7) is 2.86. The van der Waals surface area contributed by atoms with Crippen molar-refractivity contribution in [2.24, 2.45) is 0 Å². The third-order valence-electron chi connectivity index (χ3n) is 6.22. The fourth-order valence-corrected chi connectivity index (χ4v) is 4.30. The molecule has 2 aromatic carbocycles. The first-order valence-electron chi connectivity index (χ1n) is 11.5. The van der Waals surface area contributed by atoms with E-state index in [0.29, 0.717) is 30.7 Å². The SMILES string of the molecule is O=C(c1cc2nc(-c3ccc([N+](=O)[O-])cc3)cc(C(F)(F)F)n2n1)N1CCN(Cc2ccccc2)CC1. The Morgan fingerprint density at radius 1 is 0.973 bits per heavy atom. The van der Waals surface area contributed by atoms with Gasteiger partial charge in [0.15, 0.2) is 17.0 Å². The van der Waals surface area contributed by atoms with Crippen LogP contribution in [-0.4, -0.2) is 61.4 Å². The maximum atomic E-state index is 13.9. The molecule has 2 aromatic heterocycles. The maximum Gasteiger partial charge on any atom is 0.433 e. The Morgan fingerprint density at radius 3 is 2.27 bits per heavy atom. The number of piperazine rings is 1. The quantitative estimate of drug-likeness (QED) is 0.294. The van der Waals surface area contributed by atoms with Crippen LogP contribution in [0.1, 0.15) is 21.7 Å². The van der Waals surface area contributed by atoms with E-state index in [1.807, 2.05) is 30.3 Å². The molecule has 1 amide bonds. The molecule has 190 valence electrons. The molecule has 0 aliphatic carbocycles. The Kier molecular flexibility index (Phi) is 6.34. The number of rotatable bonds is 5. The summed E-state index contributed by atoms with van der Waals surface area (Å²) in [6, 6.07) is 17.0. The van der Waals surface area contributed by atoms with Gasteiger partial charge in [0.1, 0.15) is 0 Å². The van der Waals surface area contributed by atoms with Crippen LogP contribution in [0.2, 0.25) is 0 Å². The zero-order chi connectivity index (χ0) is 26.2. The minimum absolute atomic E-state index is 0.0388. The minimum Gasteiger partial charge on any atom is -0.335 e. The first kappa shape index (κ1) is 24.4. The van der Waals surface area contributed by atoms with Gasteiger partial charge in [-0.15, -0.1) is 0 Å². The number of carbonyl (C=O) groups excluding carboxylic acids is 1. The van der Waals surface area contributed by atoms with E-state index in [1.165, 1.54) is 30.3 Å². The van der Waals surface area contributed by atoms with Crippen molar-refractivity contribution in [3.8, 4) is 11.3 Å². The molecule has 5 rings (SSSR count). The van der Waals surface area contributed by atoms with Crippen LogP contribution in [0.15, 0.2) is 66.7 Å². The predicted octanol–water partition coefficient (Wildman–Crippen LogP) is 4.28. The van der Waals surface area contributed by atoms with E-state index in [2.05, 4.69) is 15.0 Å². The summed E-state index contributed by atoms with van der Waals surface area (Å²) in [7, 11) is 0. The number of benzene rings is 2. The summed E-state index contributed by atoms with van der Waals surface area (Å²) in [5.74, 6) is -0.463. The van der Waals surface area contributed by atoms with Crippen molar-refractivity contribution in [2.45, 2.75) is 12.7 Å². The molecule has 0 atom stereocenters. The lowest BCUT2D eigenvalue weighted by molar-refractivity contribution is -0.384. The van der Waals surface area contributed by atoms with Crippen LogP contribution in [0.25, 0.3) is 16.9 Å². The second-order valence-corrected chi connectivity index (χ2v) is 8.68. The van der Waals surface area contributed by atoms with Crippen LogP contribution >= 0.6 is 0 Å². The van der Waals surface area contributed by atoms with Gasteiger partial charge in [-0.3, -0.25) is 19.8 Å². The molecule has 0 radical (unpaired) electrons. The number of carbonyl (C=O) groups is 1. The first-order valence-corrected chi connectivity index (χ1v) is 11.5. The van der Waals surface area contributed by atoms with Gasteiger partial charge in [0, 0.05) is 56.5 Å². The summed E-state index contributed by atoms with van der Waals surface area (Å²) in [5.41, 5.74) is -0.174. The maximum absolute atomic E-state index is 13.9. The molecule has 1 aliphatic rings. The van der Waals surface area contributed by atoms with E-state index in [1.54, 1.807) is 4.90 Å². The third kappa shape index (κ3) is 5.14. The van der Waals surface area contributed by atoms with Gasteiger partial charge in [0.25, 0.3) is 11.6 Å². The average molecular weight is 510 g/mol. The Morgan fingerprint density at radius 2 is 1.65 bits per heavy atom. The zero-order valence-corrected chi connectivity index (χ0v) is 19.4. The summed E-state index contributed by atoms with van der Waals surface area (Å²) in [5, 5.41) is 14.9. The number of nitrogens with zero attached hydrogens (tertiary/aromatic N) is 6. The lowest BCUT2D eigenvalue weighted by Gasteiger charge is -2.34. The van der Waals surface area contributed by atoms with Crippen molar-refractivity contribution in [2.75, 3.05) is 26.2 Å². The van der Waals surface area contributed by atoms with E-state index >= 15 is 0 Å². The molecular formula is C25H21F3N6O3. The van der Waals surface area contributed by atoms with Gasteiger partial charge in [0.05, 0.1) is 10.6 Å². The molecule has 0 spiro atoms. The van der Waals surface area contributed by atoms with E-state index in [0.717, 1.165) is 18.2 Å². The molecule has 0 unspecified atom stereocenters. The van der Waals surface area contributed by atoms with Crippen molar-refractivity contribution in [1.82, 2.24) is 24.4 Å². The number of halogens is 3. The number of aromatic nitrogens is 3. The van der Waals surface area contributed by atoms with Gasteiger partial charge >= 0.3 is 6.18 Å². The van der Waals surface area contributed by atoms with E-state index in [-0.39, 0.29) is 28.3 Å². The van der Waals surface area contributed by atoms with Gasteiger partial charge < -0.3 is 4.90 Å². The highest BCUT2D eigenvalue weighted by molar-refractivity contribution is 5.93. The fourth-order valence-electron chi connectivity index (χ4n) is 4.30. The summed E-state index contributed by atoms with van der Waals surface area (Å²) >= 11 is 0. The van der Waals surface area contributed by atoms with Crippen LogP contribution in [0.4, 0.5) is 18.9 Å². The molecule has 0 bridgehead atoms. The number of fused-ring (bicyclic) bond motifs is 1. The van der Waals surface area contributed by atoms with Crippen molar-refractivity contribution < 1.29 is 22.9 Å². The summed E-state index contributed by atoms with van der Waals surface area (Å²) in [6.07, 6.45) is -4.77. The second-order valence-electron chi connectivity index (χ2n) is 8.68. The summed E-state index contributed by atoms with van der Waals surface area (Å²) < 4.78 is 42.3. The largest absolute Gasteiger partial charge is 0.433 e. The van der Waals surface area contributed by atoms with Crippen molar-refractivity contribution in [1.29, 1.82) is 0 Å². The smallest absolute Gasteiger partial charge is 0.335 e. The van der Waals surface area contributed by atoms with E-state index < -0.39 is 22.7 Å². The lowest BCUT2D eigenvalue weighted by Crippen LogP contribution is -2.48. The molecule has 0 N–H and O–H groups in total. The monoisotopic (exact) mass is 510 g/mol. The fraction of sp³-hybridized carbons (Fsp3) is 0.240. The van der Waals surface area contributed by atoms with Crippen LogP contribution in [0.3, 0.4) is 0 Å². The predicted molar refractivity (Wildman–Crippen MR) is 128 cm³/mol. The molecule has 12 heteroatoms. The molecule has 0 saturated carbocycles. The van der Waals surface area contributed by atoms with Crippen molar-refractivity contribution in [3.05, 3.63) is 93.8 Å². The number of nitro benzene ring substituents is 1. The van der Waals surface area contributed by atoms with Gasteiger partial charge in [-0.1, -0.05) is 30.3 Å². The number of hydrogen-bond donors (Lipinski definition) is 0. The first-order chi connectivity index (χ1) is 17.7. The highest BCUT2D eigenvalue weighted by Gasteiger charge is 2.36. The van der Waals surface area contributed by atoms with E-state index in [9.17, 15) is 28.1 Å². The number of amides is 1. The van der Waals surface area contributed by atoms with Gasteiger partial charge in [-0.2, -0.15) is 18.3 Å². The Labute approximate surface area is 208 Å². The Bertz CT molecular complexity index is 1450. The number of non-ortho nitro benzene ring substituents is 1. The molecule has 4 aromatic rings. The molecule has 37 heavy (non-hydrogen) atoms. The molecule has 1 aliphatic heterocycles. The van der Waals surface area contributed by atoms with Crippen LogP contribution < -0.4 is 0 Å². The molecule has 3 heterocycles. The van der Waals surface area contributed by atoms with Crippen LogP contribution in [0.5, 0.6) is 0 Å². The zero-order valence-electron chi connectivity index (χ0n) is 19.4. The van der Waals surface area contributed by atoms with Gasteiger partial charge in [-0.05, 0) is 23.8 Å². The number of alkyl halides is 3. The van der Waals surface area contributed by atoms with Crippen LogP contribution in [0, 0.1) is 10.1 Å². The van der Waals surface area contributed by atoms with Crippen LogP contribution in [-0.2, 0) is 12.7 Å². The molecule has 1 saturated heterocycles. The lowest BCUT2D eigenvalue weighted by atomic mass is 10.1. The van der Waals surface area contributed by atoms with Gasteiger partial charge in [0.2, 0.25) is 0 Å². The highest BCUT2D eigenvalue weighted by Crippen LogP contribution is 2.33. The number of hydrogen-bond acceptors (Lipinski definition) is 6. The Balaban J connectivity index is 1.39. The molecule has 9 nitrogen and oxygen atoms in total. The molecular weight excluding hydrogens is 489 g/mol. The number of nitro groups is 1. The topological polar surface area (TPSA) is 96.9 Å². The highest BCUT2D eigenvalue weighted by atomic mass is 19.4. The third-order valence-corrected chi connectivity index (χ3v) is 6.22. The van der Waals surface area contributed by atoms with Crippen molar-refractivity contribution in [3.63, 3.8) is 0 Å². The Hall–Kier alpha value is -4.32.